The van der Waals surface area contributed by atoms with Crippen LogP contribution in [0.3, 0.4) is 0 Å². The van der Waals surface area contributed by atoms with Gasteiger partial charge in [-0.25, -0.2) is 4.39 Å². The lowest BCUT2D eigenvalue weighted by Gasteiger charge is -2.19. The van der Waals surface area contributed by atoms with Crippen LogP contribution in [0, 0.1) is 5.41 Å². The van der Waals surface area contributed by atoms with Gasteiger partial charge in [0.1, 0.15) is 6.67 Å². The number of rotatable bonds is 9. The van der Waals surface area contributed by atoms with Crippen molar-refractivity contribution in [2.45, 2.75) is 37.5 Å². The predicted molar refractivity (Wildman–Crippen MR) is 131 cm³/mol. The van der Waals surface area contributed by atoms with E-state index in [9.17, 15) is 40.3 Å². The third-order valence-corrected chi connectivity index (χ3v) is 6.86. The molecule has 0 saturated heterocycles. The zero-order valence-electron chi connectivity index (χ0n) is 18.9. The molecule has 1 aliphatic rings. The summed E-state index contributed by atoms with van der Waals surface area (Å²) < 4.78 is 95.8. The van der Waals surface area contributed by atoms with E-state index in [2.05, 4.69) is 37.2 Å². The van der Waals surface area contributed by atoms with Crippen molar-refractivity contribution < 1.29 is 40.3 Å². The number of benzene rings is 2. The topological polar surface area (TPSA) is 46.2 Å². The summed E-state index contributed by atoms with van der Waals surface area (Å²) in [5.74, 6) is -3.62. The monoisotopic (exact) mass is 657 g/mol. The van der Waals surface area contributed by atoms with Gasteiger partial charge in [0, 0.05) is 27.5 Å². The van der Waals surface area contributed by atoms with Crippen LogP contribution in [0.2, 0.25) is 0 Å². The third-order valence-electron chi connectivity index (χ3n) is 5.94. The van der Waals surface area contributed by atoms with Crippen LogP contribution in [0.15, 0.2) is 51.4 Å². The fraction of sp³-hybridized carbons (Fsp3) is 0.360. The lowest BCUT2D eigenvalue weighted by atomic mass is 9.91. The fourth-order valence-corrected chi connectivity index (χ4v) is 5.23. The van der Waals surface area contributed by atoms with Gasteiger partial charge in [0.2, 0.25) is 5.91 Å². The summed E-state index contributed by atoms with van der Waals surface area (Å²) in [4.78, 5) is 25.0. The highest BCUT2D eigenvalue weighted by Crippen LogP contribution is 2.50. The Morgan fingerprint density at radius 1 is 1.00 bits per heavy atom. The molecule has 0 aliphatic heterocycles. The molecule has 3 rings (SSSR count). The highest BCUT2D eigenvalue weighted by molar-refractivity contribution is 9.11. The molecule has 1 unspecified atom stereocenters. The molecule has 2 aromatic rings. The highest BCUT2D eigenvalue weighted by atomic mass is 79.9. The first-order valence-corrected chi connectivity index (χ1v) is 12.5. The predicted octanol–water partition coefficient (Wildman–Crippen LogP) is 8.03. The summed E-state index contributed by atoms with van der Waals surface area (Å²) in [6.45, 7) is -1.09. The Bertz CT molecular complexity index is 1180. The number of ketones is 1. The Kier molecular flexibility index (Phi) is 8.94. The van der Waals surface area contributed by atoms with Crippen LogP contribution >= 0.6 is 31.9 Å². The van der Waals surface area contributed by atoms with Crippen LogP contribution in [-0.4, -0.2) is 31.1 Å². The SMILES string of the molecule is O=C(CC1(C(=O)NCCF)CC1)c1ccc(/C=C/C(c2cc(Br)cc(Br)c2)C(F)(F)F)cc1C(F)(F)F. The van der Waals surface area contributed by atoms with E-state index >= 15 is 0 Å². The lowest BCUT2D eigenvalue weighted by Crippen LogP contribution is -2.35. The highest BCUT2D eigenvalue weighted by Gasteiger charge is 2.51. The molecule has 1 fully saturated rings. The zero-order chi connectivity index (χ0) is 27.6. The second-order valence-electron chi connectivity index (χ2n) is 8.71. The maximum Gasteiger partial charge on any atom is 0.417 e. The average molecular weight is 659 g/mol. The van der Waals surface area contributed by atoms with E-state index < -0.39 is 59.6 Å². The van der Waals surface area contributed by atoms with E-state index in [-0.39, 0.29) is 30.5 Å². The van der Waals surface area contributed by atoms with Crippen LogP contribution in [-0.2, 0) is 11.0 Å². The molecule has 0 radical (unpaired) electrons. The minimum atomic E-state index is -4.97. The quantitative estimate of drug-likeness (QED) is 0.219. The van der Waals surface area contributed by atoms with Gasteiger partial charge in [-0.15, -0.1) is 0 Å². The number of carbonyl (C=O) groups is 2. The van der Waals surface area contributed by atoms with E-state index in [1.54, 1.807) is 6.07 Å². The zero-order valence-corrected chi connectivity index (χ0v) is 22.1. The van der Waals surface area contributed by atoms with E-state index in [1.165, 1.54) is 12.1 Å². The molecule has 1 aliphatic carbocycles. The normalized spacial score (nSPS) is 16.0. The summed E-state index contributed by atoms with van der Waals surface area (Å²) in [5.41, 5.74) is -3.49. The van der Waals surface area contributed by atoms with Gasteiger partial charge in [-0.05, 0) is 48.2 Å². The minimum absolute atomic E-state index is 0.131. The molecule has 0 heterocycles. The van der Waals surface area contributed by atoms with Crippen LogP contribution in [0.25, 0.3) is 6.08 Å². The summed E-state index contributed by atoms with van der Waals surface area (Å²) in [6, 6.07) is 6.69. The Morgan fingerprint density at radius 3 is 2.14 bits per heavy atom. The smallest absolute Gasteiger partial charge is 0.353 e. The van der Waals surface area contributed by atoms with Crippen LogP contribution in [0.5, 0.6) is 0 Å². The van der Waals surface area contributed by atoms with Gasteiger partial charge in [0.05, 0.1) is 16.9 Å². The summed E-state index contributed by atoms with van der Waals surface area (Å²) in [7, 11) is 0. The molecule has 1 N–H and O–H groups in total. The molecular formula is C25H20Br2F7NO2. The van der Waals surface area contributed by atoms with Crippen molar-refractivity contribution in [3.8, 4) is 0 Å². The van der Waals surface area contributed by atoms with Gasteiger partial charge in [-0.2, -0.15) is 26.3 Å². The number of alkyl halides is 7. The standard InChI is InChI=1S/C25H20Br2F7NO2/c26-16-10-15(11-17(27)12-16)19(24(29,30)31)4-2-14-1-3-18(20(9-14)25(32,33)34)21(36)13-23(5-6-23)22(37)35-8-7-28/h1-4,9-12,19H,5-8,13H2,(H,35,37)/b4-2+. The fourth-order valence-electron chi connectivity index (χ4n) is 3.90. The van der Waals surface area contributed by atoms with Crippen molar-refractivity contribution in [2.24, 2.45) is 5.41 Å². The number of Topliss-reactive ketones (excluding diaryl/α,β-unsaturated/α-hetero) is 1. The van der Waals surface area contributed by atoms with Crippen molar-refractivity contribution in [3.05, 3.63) is 73.7 Å². The number of amides is 1. The van der Waals surface area contributed by atoms with Crippen molar-refractivity contribution in [1.82, 2.24) is 5.32 Å². The minimum Gasteiger partial charge on any atom is -0.353 e. The molecule has 200 valence electrons. The molecule has 3 nitrogen and oxygen atoms in total. The van der Waals surface area contributed by atoms with Gasteiger partial charge in [-0.1, -0.05) is 56.1 Å². The summed E-state index contributed by atoms with van der Waals surface area (Å²) in [5, 5.41) is 2.31. The Morgan fingerprint density at radius 2 is 1.62 bits per heavy atom. The number of hydrogen-bond donors (Lipinski definition) is 1. The van der Waals surface area contributed by atoms with Gasteiger partial charge in [0.15, 0.2) is 5.78 Å². The van der Waals surface area contributed by atoms with E-state index in [1.807, 2.05) is 0 Å². The second kappa shape index (κ2) is 11.3. The van der Waals surface area contributed by atoms with Crippen LogP contribution < -0.4 is 5.32 Å². The van der Waals surface area contributed by atoms with Crippen molar-refractivity contribution >= 4 is 49.6 Å². The van der Waals surface area contributed by atoms with Gasteiger partial charge in [-0.3, -0.25) is 9.59 Å². The first-order valence-electron chi connectivity index (χ1n) is 11.0. The number of halogens is 9. The van der Waals surface area contributed by atoms with Gasteiger partial charge >= 0.3 is 12.4 Å². The van der Waals surface area contributed by atoms with E-state index in [0.717, 1.165) is 24.3 Å². The molecular weight excluding hydrogens is 639 g/mol. The molecule has 1 saturated carbocycles. The molecule has 2 aromatic carbocycles. The third kappa shape index (κ3) is 7.43. The molecule has 0 aromatic heterocycles. The summed E-state index contributed by atoms with van der Waals surface area (Å²) in [6.07, 6.45) is -7.95. The first-order chi connectivity index (χ1) is 17.2. The second-order valence-corrected chi connectivity index (χ2v) is 10.5. The van der Waals surface area contributed by atoms with Crippen molar-refractivity contribution in [2.75, 3.05) is 13.2 Å². The number of carbonyl (C=O) groups excluding carboxylic acids is 2. The summed E-state index contributed by atoms with van der Waals surface area (Å²) >= 11 is 6.25. The molecule has 37 heavy (non-hydrogen) atoms. The Hall–Kier alpha value is -2.21. The first kappa shape index (κ1) is 29.3. The van der Waals surface area contributed by atoms with Crippen LogP contribution in [0.4, 0.5) is 30.7 Å². The maximum atomic E-state index is 13.8. The van der Waals surface area contributed by atoms with Crippen molar-refractivity contribution in [3.63, 3.8) is 0 Å². The number of nitrogens with one attached hydrogen (secondary N) is 1. The average Bonchev–Trinajstić information content (AvgIpc) is 3.56. The van der Waals surface area contributed by atoms with Crippen LogP contribution in [0.1, 0.15) is 52.2 Å². The Labute approximate surface area is 224 Å². The van der Waals surface area contributed by atoms with Gasteiger partial charge in [0.25, 0.3) is 0 Å². The van der Waals surface area contributed by atoms with Gasteiger partial charge < -0.3 is 5.32 Å². The molecule has 0 spiro atoms. The molecule has 1 amide bonds. The largest absolute Gasteiger partial charge is 0.417 e. The number of hydrogen-bond acceptors (Lipinski definition) is 2. The molecule has 0 bridgehead atoms. The lowest BCUT2D eigenvalue weighted by molar-refractivity contribution is -0.139. The maximum absolute atomic E-state index is 13.8. The van der Waals surface area contributed by atoms with E-state index in [4.69, 9.17) is 0 Å². The Balaban J connectivity index is 1.91. The van der Waals surface area contributed by atoms with Crippen molar-refractivity contribution in [1.29, 1.82) is 0 Å². The number of allylic oxidation sites excluding steroid dienone is 1. The van der Waals surface area contributed by atoms with E-state index in [0.29, 0.717) is 15.0 Å². The molecule has 12 heteroatoms. The molecule has 1 atom stereocenters.